The number of halogens is 1. The Kier molecular flexibility index (Phi) is 6.41. The number of hydroxylamine groups is 1. The fraction of sp³-hybridized carbons (Fsp3) is 0.0952. The van der Waals surface area contributed by atoms with E-state index >= 15 is 0 Å². The summed E-state index contributed by atoms with van der Waals surface area (Å²) >= 11 is 3.43. The molecule has 132 valence electrons. The molecule has 2 N–H and O–H groups in total. The maximum absolute atomic E-state index is 5.59. The first-order chi connectivity index (χ1) is 12.7. The van der Waals surface area contributed by atoms with E-state index < -0.39 is 0 Å². The Morgan fingerprint density at radius 3 is 2.46 bits per heavy atom. The molecule has 0 saturated carbocycles. The van der Waals surface area contributed by atoms with Crippen molar-refractivity contribution < 1.29 is 4.84 Å². The average Bonchev–Trinajstić information content (AvgIpc) is 2.69. The van der Waals surface area contributed by atoms with Gasteiger partial charge in [0.15, 0.2) is 0 Å². The van der Waals surface area contributed by atoms with Crippen molar-refractivity contribution in [3.05, 3.63) is 101 Å². The Morgan fingerprint density at radius 2 is 1.69 bits per heavy atom. The number of hydrogen-bond donors (Lipinski definition) is 2. The smallest absolute Gasteiger partial charge is 0.0996 e. The van der Waals surface area contributed by atoms with Crippen LogP contribution in [0.1, 0.15) is 16.7 Å². The number of para-hydroxylation sites is 1. The van der Waals surface area contributed by atoms with Gasteiger partial charge in [0.25, 0.3) is 0 Å². The zero-order valence-corrected chi connectivity index (χ0v) is 15.9. The Bertz CT molecular complexity index is 851. The molecule has 4 nitrogen and oxygen atoms in total. The lowest BCUT2D eigenvalue weighted by atomic mass is 10.1. The SMILES string of the molecule is C=C(NOCc1ccc(Br)cc1)c1ccccc1NCc1ccncc1. The van der Waals surface area contributed by atoms with E-state index in [4.69, 9.17) is 4.84 Å². The molecule has 3 rings (SSSR count). The van der Waals surface area contributed by atoms with Crippen molar-refractivity contribution in [1.29, 1.82) is 0 Å². The van der Waals surface area contributed by atoms with Gasteiger partial charge in [-0.05, 0) is 41.5 Å². The van der Waals surface area contributed by atoms with E-state index in [1.165, 1.54) is 5.56 Å². The first kappa shape index (κ1) is 18.2. The number of rotatable bonds is 8. The van der Waals surface area contributed by atoms with Crippen molar-refractivity contribution in [2.75, 3.05) is 5.32 Å². The van der Waals surface area contributed by atoms with Crippen LogP contribution in [0.15, 0.2) is 84.1 Å². The third kappa shape index (κ3) is 5.18. The predicted molar refractivity (Wildman–Crippen MR) is 109 cm³/mol. The molecule has 0 radical (unpaired) electrons. The third-order valence-corrected chi connectivity index (χ3v) is 4.36. The van der Waals surface area contributed by atoms with E-state index in [2.05, 4.69) is 38.3 Å². The minimum Gasteiger partial charge on any atom is -0.380 e. The highest BCUT2D eigenvalue weighted by Gasteiger charge is 2.06. The van der Waals surface area contributed by atoms with Gasteiger partial charge in [-0.25, -0.2) is 0 Å². The first-order valence-electron chi connectivity index (χ1n) is 8.26. The molecule has 0 saturated heterocycles. The van der Waals surface area contributed by atoms with Gasteiger partial charge in [-0.1, -0.05) is 52.8 Å². The molecular formula is C21H20BrN3O. The molecule has 0 unspecified atom stereocenters. The van der Waals surface area contributed by atoms with Gasteiger partial charge in [0.1, 0.15) is 0 Å². The Balaban J connectivity index is 1.57. The molecule has 0 aliphatic carbocycles. The topological polar surface area (TPSA) is 46.2 Å². The van der Waals surface area contributed by atoms with Crippen LogP contribution in [-0.4, -0.2) is 4.98 Å². The monoisotopic (exact) mass is 409 g/mol. The molecule has 1 heterocycles. The fourth-order valence-corrected chi connectivity index (χ4v) is 2.70. The van der Waals surface area contributed by atoms with E-state index in [-0.39, 0.29) is 0 Å². The fourth-order valence-electron chi connectivity index (χ4n) is 2.44. The summed E-state index contributed by atoms with van der Waals surface area (Å²) in [6.07, 6.45) is 3.58. The van der Waals surface area contributed by atoms with Crippen LogP contribution in [0, 0.1) is 0 Å². The Morgan fingerprint density at radius 1 is 0.962 bits per heavy atom. The van der Waals surface area contributed by atoms with Gasteiger partial charge in [-0.15, -0.1) is 0 Å². The van der Waals surface area contributed by atoms with Gasteiger partial charge in [0.05, 0.1) is 12.3 Å². The van der Waals surface area contributed by atoms with E-state index in [0.29, 0.717) is 18.8 Å². The van der Waals surface area contributed by atoms with Crippen LogP contribution in [0.4, 0.5) is 5.69 Å². The van der Waals surface area contributed by atoms with Crippen molar-refractivity contribution in [2.24, 2.45) is 0 Å². The molecular weight excluding hydrogens is 390 g/mol. The molecule has 0 fully saturated rings. The summed E-state index contributed by atoms with van der Waals surface area (Å²) in [6.45, 7) is 5.26. The van der Waals surface area contributed by atoms with Gasteiger partial charge in [-0.2, -0.15) is 0 Å². The van der Waals surface area contributed by atoms with Gasteiger partial charge in [0, 0.05) is 34.7 Å². The van der Waals surface area contributed by atoms with Crippen LogP contribution in [-0.2, 0) is 18.0 Å². The molecule has 3 aromatic rings. The van der Waals surface area contributed by atoms with Gasteiger partial charge >= 0.3 is 0 Å². The van der Waals surface area contributed by atoms with Crippen LogP contribution in [0.2, 0.25) is 0 Å². The summed E-state index contributed by atoms with van der Waals surface area (Å²) in [5.41, 5.74) is 7.86. The minimum absolute atomic E-state index is 0.457. The maximum Gasteiger partial charge on any atom is 0.0996 e. The number of nitrogens with zero attached hydrogens (tertiary/aromatic N) is 1. The highest BCUT2D eigenvalue weighted by atomic mass is 79.9. The summed E-state index contributed by atoms with van der Waals surface area (Å²) < 4.78 is 1.05. The number of aromatic nitrogens is 1. The van der Waals surface area contributed by atoms with Crippen molar-refractivity contribution in [1.82, 2.24) is 10.5 Å². The van der Waals surface area contributed by atoms with E-state index in [0.717, 1.165) is 21.3 Å². The summed E-state index contributed by atoms with van der Waals surface area (Å²) in [5, 5.41) is 3.44. The lowest BCUT2D eigenvalue weighted by molar-refractivity contribution is 0.0648. The average molecular weight is 410 g/mol. The number of anilines is 1. The molecule has 1 aromatic heterocycles. The second-order valence-corrected chi connectivity index (χ2v) is 6.67. The van der Waals surface area contributed by atoms with Crippen molar-refractivity contribution >= 4 is 27.3 Å². The second-order valence-electron chi connectivity index (χ2n) is 5.75. The Hall–Kier alpha value is -2.63. The zero-order chi connectivity index (χ0) is 18.2. The Labute approximate surface area is 162 Å². The van der Waals surface area contributed by atoms with Crippen LogP contribution in [0.3, 0.4) is 0 Å². The highest BCUT2D eigenvalue weighted by Crippen LogP contribution is 2.22. The number of benzene rings is 2. The van der Waals surface area contributed by atoms with Gasteiger partial charge in [0.2, 0.25) is 0 Å². The van der Waals surface area contributed by atoms with Crippen molar-refractivity contribution in [3.8, 4) is 0 Å². The molecule has 0 bridgehead atoms. The van der Waals surface area contributed by atoms with Crippen molar-refractivity contribution in [3.63, 3.8) is 0 Å². The number of nitrogens with one attached hydrogen (secondary N) is 2. The largest absolute Gasteiger partial charge is 0.380 e. The summed E-state index contributed by atoms with van der Waals surface area (Å²) in [7, 11) is 0. The number of hydrogen-bond acceptors (Lipinski definition) is 4. The quantitative estimate of drug-likeness (QED) is 0.505. The van der Waals surface area contributed by atoms with Crippen LogP contribution >= 0.6 is 15.9 Å². The second kappa shape index (κ2) is 9.17. The molecule has 0 atom stereocenters. The molecule has 2 aromatic carbocycles. The summed E-state index contributed by atoms with van der Waals surface area (Å²) in [4.78, 5) is 9.63. The molecule has 0 amide bonds. The summed E-state index contributed by atoms with van der Waals surface area (Å²) in [5.74, 6) is 0. The zero-order valence-electron chi connectivity index (χ0n) is 14.3. The first-order valence-corrected chi connectivity index (χ1v) is 9.05. The van der Waals surface area contributed by atoms with Gasteiger partial charge in [-0.3, -0.25) is 15.3 Å². The summed E-state index contributed by atoms with van der Waals surface area (Å²) in [6, 6.07) is 20.0. The van der Waals surface area contributed by atoms with Crippen molar-refractivity contribution in [2.45, 2.75) is 13.2 Å². The molecule has 26 heavy (non-hydrogen) atoms. The van der Waals surface area contributed by atoms with E-state index in [1.54, 1.807) is 12.4 Å². The molecule has 0 aliphatic heterocycles. The van der Waals surface area contributed by atoms with Gasteiger partial charge < -0.3 is 5.32 Å². The lowest BCUT2D eigenvalue weighted by Gasteiger charge is -2.15. The van der Waals surface area contributed by atoms with E-state index in [9.17, 15) is 0 Å². The lowest BCUT2D eigenvalue weighted by Crippen LogP contribution is -2.13. The van der Waals surface area contributed by atoms with Crippen LogP contribution in [0.5, 0.6) is 0 Å². The van der Waals surface area contributed by atoms with E-state index in [1.807, 2.05) is 60.7 Å². The van der Waals surface area contributed by atoms with Crippen LogP contribution in [0.25, 0.3) is 5.70 Å². The minimum atomic E-state index is 0.457. The highest BCUT2D eigenvalue weighted by molar-refractivity contribution is 9.10. The number of pyridine rings is 1. The molecule has 0 spiro atoms. The normalized spacial score (nSPS) is 10.3. The molecule has 0 aliphatic rings. The third-order valence-electron chi connectivity index (χ3n) is 3.83. The predicted octanol–water partition coefficient (Wildman–Crippen LogP) is 5.15. The molecule has 5 heteroatoms. The standard InChI is InChI=1S/C21H20BrN3O/c1-16(25-26-15-18-6-8-19(22)9-7-18)20-4-2-3-5-21(20)24-14-17-10-12-23-13-11-17/h2-13,24-25H,1,14-15H2. The maximum atomic E-state index is 5.59. The van der Waals surface area contributed by atoms with Crippen LogP contribution < -0.4 is 10.8 Å².